The van der Waals surface area contributed by atoms with E-state index in [-0.39, 0.29) is 18.6 Å². The maximum atomic E-state index is 11.2. The van der Waals surface area contributed by atoms with E-state index in [2.05, 4.69) is 12.1 Å². The van der Waals surface area contributed by atoms with E-state index < -0.39 is 23.3 Å². The zero-order valence-corrected chi connectivity index (χ0v) is 17.8. The van der Waals surface area contributed by atoms with Crippen LogP contribution >= 0.6 is 0 Å². The van der Waals surface area contributed by atoms with Gasteiger partial charge in [-0.05, 0) is 36.6 Å². The number of aliphatic carboxylic acids is 2. The van der Waals surface area contributed by atoms with Gasteiger partial charge in [0.05, 0.1) is 16.8 Å². The molecule has 7 N–H and O–H groups in total. The highest BCUT2D eigenvalue weighted by atomic mass is 16.4. The van der Waals surface area contributed by atoms with Crippen molar-refractivity contribution in [3.05, 3.63) is 83.5 Å². The minimum atomic E-state index is -1.27. The molecule has 0 saturated heterocycles. The highest BCUT2D eigenvalue weighted by Crippen LogP contribution is 2.40. The largest absolute Gasteiger partial charge is 0.481 e. The summed E-state index contributed by atoms with van der Waals surface area (Å²) in [4.78, 5) is 22.1. The molecule has 2 atom stereocenters. The first-order valence-electron chi connectivity index (χ1n) is 10.0. The van der Waals surface area contributed by atoms with E-state index in [9.17, 15) is 9.59 Å². The van der Waals surface area contributed by atoms with Crippen LogP contribution < -0.4 is 11.5 Å². The molecule has 7 nitrogen and oxygen atoms in total. The summed E-state index contributed by atoms with van der Waals surface area (Å²) in [5, 5.41) is 27.0. The average molecular weight is 437 g/mol. The Hall–Kier alpha value is -3.84. The van der Waals surface area contributed by atoms with Crippen molar-refractivity contribution in [2.45, 2.75) is 13.3 Å². The van der Waals surface area contributed by atoms with E-state index in [1.807, 2.05) is 48.6 Å². The van der Waals surface area contributed by atoms with Gasteiger partial charge in [0.1, 0.15) is 0 Å². The fourth-order valence-corrected chi connectivity index (χ4v) is 3.39. The van der Waals surface area contributed by atoms with Crippen molar-refractivity contribution in [2.75, 3.05) is 18.1 Å². The van der Waals surface area contributed by atoms with Gasteiger partial charge in [0, 0.05) is 18.1 Å². The summed E-state index contributed by atoms with van der Waals surface area (Å²) in [6.07, 6.45) is 8.46. The molecule has 32 heavy (non-hydrogen) atoms. The zero-order valence-electron chi connectivity index (χ0n) is 17.8. The molecule has 3 rings (SSSR count). The summed E-state index contributed by atoms with van der Waals surface area (Å²) in [6.45, 7) is 1.22. The van der Waals surface area contributed by atoms with Crippen LogP contribution in [0.3, 0.4) is 0 Å². The lowest BCUT2D eigenvalue weighted by Crippen LogP contribution is -2.38. The third kappa shape index (κ3) is 6.09. The number of hydrogen-bond donors (Lipinski definition) is 5. The normalized spacial score (nSPS) is 19.7. The van der Waals surface area contributed by atoms with Crippen LogP contribution in [0.25, 0.3) is 12.2 Å². The van der Waals surface area contributed by atoms with Crippen LogP contribution in [-0.2, 0) is 9.59 Å². The summed E-state index contributed by atoms with van der Waals surface area (Å²) >= 11 is 0. The Labute approximate surface area is 187 Å². The fraction of sp³-hybridized carbons (Fsp3) is 0.200. The molecule has 2 aromatic carbocycles. The molecule has 2 aromatic rings. The number of carbonyl (C=O) groups is 2. The van der Waals surface area contributed by atoms with Gasteiger partial charge in [-0.1, -0.05) is 66.8 Å². The number of carboxylic acids is 2. The minimum Gasteiger partial charge on any atom is -0.481 e. The number of rotatable bonds is 6. The van der Waals surface area contributed by atoms with Gasteiger partial charge < -0.3 is 26.8 Å². The molecule has 0 heterocycles. The van der Waals surface area contributed by atoms with Crippen molar-refractivity contribution in [2.24, 2.45) is 11.3 Å². The Morgan fingerprint density at radius 3 is 2.22 bits per heavy atom. The van der Waals surface area contributed by atoms with Crippen LogP contribution in [0, 0.1) is 11.3 Å². The van der Waals surface area contributed by atoms with E-state index in [4.69, 9.17) is 26.8 Å². The van der Waals surface area contributed by atoms with Gasteiger partial charge in [-0.25, -0.2) is 4.79 Å². The molecular weight excluding hydrogens is 408 g/mol. The second-order valence-corrected chi connectivity index (χ2v) is 7.57. The molecule has 1 aliphatic rings. The van der Waals surface area contributed by atoms with Crippen molar-refractivity contribution in [1.82, 2.24) is 0 Å². The number of hydrogen-bond acceptors (Lipinski definition) is 5. The van der Waals surface area contributed by atoms with Crippen LogP contribution in [0.1, 0.15) is 24.5 Å². The minimum absolute atomic E-state index is 0.0291. The van der Waals surface area contributed by atoms with Crippen LogP contribution in [-0.4, -0.2) is 33.9 Å². The highest BCUT2D eigenvalue weighted by Gasteiger charge is 2.43. The van der Waals surface area contributed by atoms with Crippen LogP contribution in [0.2, 0.25) is 0 Å². The molecule has 0 bridgehead atoms. The van der Waals surface area contributed by atoms with Gasteiger partial charge in [0.25, 0.3) is 0 Å². The first kappa shape index (κ1) is 24.4. The molecule has 0 amide bonds. The predicted molar refractivity (Wildman–Crippen MR) is 126 cm³/mol. The molecule has 0 aliphatic heterocycles. The van der Waals surface area contributed by atoms with Gasteiger partial charge >= 0.3 is 11.9 Å². The molecule has 1 aliphatic carbocycles. The third-order valence-corrected chi connectivity index (χ3v) is 5.32. The number of aliphatic hydroxyl groups is 1. The number of nitrogen functional groups attached to an aromatic ring is 2. The zero-order chi connectivity index (χ0) is 23.7. The Bertz CT molecular complexity index is 1040. The SMILES string of the molecule is CC1(C(=O)O)C=CC=C(C(=O)O)C1CCO.Nc1ccc(C=Cc2ccccc2)cc1N. The summed E-state index contributed by atoms with van der Waals surface area (Å²) in [5.41, 5.74) is 13.6. The Balaban J connectivity index is 0.000000227. The number of anilines is 2. The Morgan fingerprint density at radius 1 is 1.00 bits per heavy atom. The summed E-state index contributed by atoms with van der Waals surface area (Å²) in [7, 11) is 0. The molecule has 2 unspecified atom stereocenters. The molecule has 7 heteroatoms. The van der Waals surface area contributed by atoms with Gasteiger partial charge in [-0.3, -0.25) is 4.79 Å². The number of carboxylic acid groups (broad SMARTS) is 2. The number of allylic oxidation sites excluding steroid dienone is 2. The second kappa shape index (κ2) is 11.0. The summed E-state index contributed by atoms with van der Waals surface area (Å²) in [5.74, 6) is -2.94. The summed E-state index contributed by atoms with van der Waals surface area (Å²) < 4.78 is 0. The first-order chi connectivity index (χ1) is 15.2. The number of nitrogens with two attached hydrogens (primary N) is 2. The monoisotopic (exact) mass is 436 g/mol. The van der Waals surface area contributed by atoms with Crippen molar-refractivity contribution < 1.29 is 24.9 Å². The second-order valence-electron chi connectivity index (χ2n) is 7.57. The third-order valence-electron chi connectivity index (χ3n) is 5.32. The predicted octanol–water partition coefficient (Wildman–Crippen LogP) is 3.68. The van der Waals surface area contributed by atoms with Gasteiger partial charge in [0.2, 0.25) is 0 Å². The van der Waals surface area contributed by atoms with E-state index in [1.54, 1.807) is 0 Å². The molecule has 0 spiro atoms. The smallest absolute Gasteiger partial charge is 0.331 e. The highest BCUT2D eigenvalue weighted by molar-refractivity contribution is 5.91. The van der Waals surface area contributed by atoms with E-state index in [0.29, 0.717) is 11.4 Å². The first-order valence-corrected chi connectivity index (χ1v) is 10.0. The Kier molecular flexibility index (Phi) is 8.38. The molecule has 0 saturated carbocycles. The maximum absolute atomic E-state index is 11.2. The van der Waals surface area contributed by atoms with Gasteiger partial charge in [0.15, 0.2) is 0 Å². The lowest BCUT2D eigenvalue weighted by Gasteiger charge is -2.33. The van der Waals surface area contributed by atoms with Crippen LogP contribution in [0.5, 0.6) is 0 Å². The van der Waals surface area contributed by atoms with Crippen LogP contribution in [0.4, 0.5) is 11.4 Å². The van der Waals surface area contributed by atoms with Crippen molar-refractivity contribution in [1.29, 1.82) is 0 Å². The maximum Gasteiger partial charge on any atom is 0.331 e. The lowest BCUT2D eigenvalue weighted by atomic mass is 9.69. The van der Waals surface area contributed by atoms with Gasteiger partial charge in [-0.15, -0.1) is 0 Å². The van der Waals surface area contributed by atoms with Crippen molar-refractivity contribution in [3.63, 3.8) is 0 Å². The molecule has 0 aromatic heterocycles. The van der Waals surface area contributed by atoms with E-state index >= 15 is 0 Å². The molecule has 168 valence electrons. The standard InChI is InChI=1S/C14H14N2.C11H14O5/c15-13-9-8-12(10-14(13)16)7-6-11-4-2-1-3-5-11;1-11(10(15)16)5-2-3-7(9(13)14)8(11)4-6-12/h1-10H,15-16H2;2-3,5,8,12H,4,6H2,1H3,(H,13,14)(H,15,16). The molecule has 0 fully saturated rings. The number of benzene rings is 2. The van der Waals surface area contributed by atoms with Crippen molar-refractivity contribution in [3.8, 4) is 0 Å². The van der Waals surface area contributed by atoms with Crippen molar-refractivity contribution >= 4 is 35.5 Å². The lowest BCUT2D eigenvalue weighted by molar-refractivity contribution is -0.148. The van der Waals surface area contributed by atoms with Gasteiger partial charge in [-0.2, -0.15) is 0 Å². The van der Waals surface area contributed by atoms with Crippen LogP contribution in [0.15, 0.2) is 72.3 Å². The average Bonchev–Trinajstić information content (AvgIpc) is 2.77. The number of aliphatic hydroxyl groups excluding tert-OH is 1. The van der Waals surface area contributed by atoms with E-state index in [1.165, 1.54) is 25.2 Å². The van der Waals surface area contributed by atoms with E-state index in [0.717, 1.165) is 11.1 Å². The molecular formula is C25H28N2O5. The summed E-state index contributed by atoms with van der Waals surface area (Å²) in [6, 6.07) is 15.8. The fourth-order valence-electron chi connectivity index (χ4n) is 3.39. The topological polar surface area (TPSA) is 147 Å². The Morgan fingerprint density at radius 2 is 1.66 bits per heavy atom. The molecule has 0 radical (unpaired) electrons. The quantitative estimate of drug-likeness (QED) is 0.343.